The molecule has 0 saturated heterocycles. The zero-order valence-corrected chi connectivity index (χ0v) is 14.4. The third kappa shape index (κ3) is 4.02. The molecule has 5 nitrogen and oxygen atoms in total. The smallest absolute Gasteiger partial charge is 0.247 e. The lowest BCUT2D eigenvalue weighted by Gasteiger charge is -2.33. The van der Waals surface area contributed by atoms with Crippen LogP contribution in [-0.2, 0) is 11.2 Å². The molecule has 0 spiro atoms. The average molecular weight is 327 g/mol. The van der Waals surface area contributed by atoms with Crippen LogP contribution in [0.5, 0.6) is 0 Å². The summed E-state index contributed by atoms with van der Waals surface area (Å²) < 4.78 is 5.67. The maximum atomic E-state index is 12.4. The van der Waals surface area contributed by atoms with E-state index in [0.717, 1.165) is 24.3 Å². The lowest BCUT2D eigenvalue weighted by atomic mass is 9.86. The van der Waals surface area contributed by atoms with Crippen molar-refractivity contribution in [2.75, 3.05) is 7.05 Å². The minimum atomic E-state index is 0.161. The number of carbonyl (C=O) groups is 1. The average Bonchev–Trinajstić information content (AvgIpc) is 3.09. The molecule has 128 valence electrons. The van der Waals surface area contributed by atoms with E-state index in [1.54, 1.807) is 0 Å². The van der Waals surface area contributed by atoms with Gasteiger partial charge in [0.2, 0.25) is 17.7 Å². The Labute approximate surface area is 143 Å². The Kier molecular flexibility index (Phi) is 5.28. The highest BCUT2D eigenvalue weighted by Crippen LogP contribution is 2.27. The highest BCUT2D eigenvalue weighted by molar-refractivity contribution is 5.76. The first-order valence-electron chi connectivity index (χ1n) is 8.77. The van der Waals surface area contributed by atoms with Crippen molar-refractivity contribution in [2.45, 2.75) is 51.5 Å². The molecule has 1 saturated carbocycles. The van der Waals surface area contributed by atoms with Crippen LogP contribution in [0.1, 0.15) is 44.9 Å². The van der Waals surface area contributed by atoms with E-state index in [1.165, 1.54) is 12.8 Å². The van der Waals surface area contributed by atoms with Crippen LogP contribution in [0.15, 0.2) is 34.7 Å². The molecule has 24 heavy (non-hydrogen) atoms. The van der Waals surface area contributed by atoms with Gasteiger partial charge in [0.1, 0.15) is 0 Å². The van der Waals surface area contributed by atoms with E-state index in [0.29, 0.717) is 30.7 Å². The topological polar surface area (TPSA) is 59.2 Å². The predicted molar refractivity (Wildman–Crippen MR) is 92.2 cm³/mol. The summed E-state index contributed by atoms with van der Waals surface area (Å²) in [5.41, 5.74) is 0.899. The van der Waals surface area contributed by atoms with E-state index in [-0.39, 0.29) is 5.91 Å². The van der Waals surface area contributed by atoms with Crippen molar-refractivity contribution < 1.29 is 9.21 Å². The van der Waals surface area contributed by atoms with E-state index in [1.807, 2.05) is 42.3 Å². The first kappa shape index (κ1) is 16.7. The molecular formula is C19H25N3O2. The van der Waals surface area contributed by atoms with Gasteiger partial charge in [-0.15, -0.1) is 10.2 Å². The normalized spacial score (nSPS) is 20.8. The fourth-order valence-corrected chi connectivity index (χ4v) is 3.28. The summed E-state index contributed by atoms with van der Waals surface area (Å²) in [5, 5.41) is 8.12. The van der Waals surface area contributed by atoms with E-state index >= 15 is 0 Å². The summed E-state index contributed by atoms with van der Waals surface area (Å²) in [6.07, 6.45) is 5.56. The van der Waals surface area contributed by atoms with Gasteiger partial charge in [0, 0.05) is 31.5 Å². The maximum absolute atomic E-state index is 12.4. The van der Waals surface area contributed by atoms with Crippen LogP contribution in [0.25, 0.3) is 11.5 Å². The Morgan fingerprint density at radius 1 is 1.17 bits per heavy atom. The minimum Gasteiger partial charge on any atom is -0.421 e. The number of benzene rings is 1. The SMILES string of the molecule is CC1CCC(N(C)C(=O)CCc2nnc(-c3ccccc3)o2)CC1. The van der Waals surface area contributed by atoms with Gasteiger partial charge < -0.3 is 9.32 Å². The Morgan fingerprint density at radius 3 is 2.58 bits per heavy atom. The Hall–Kier alpha value is -2.17. The third-order valence-electron chi connectivity index (χ3n) is 4.97. The molecule has 0 atom stereocenters. The molecule has 1 amide bonds. The molecule has 3 rings (SSSR count). The molecule has 0 radical (unpaired) electrons. The molecule has 0 N–H and O–H groups in total. The van der Waals surface area contributed by atoms with Crippen LogP contribution >= 0.6 is 0 Å². The van der Waals surface area contributed by atoms with Gasteiger partial charge in [0.15, 0.2) is 0 Å². The van der Waals surface area contributed by atoms with Crippen molar-refractivity contribution in [2.24, 2.45) is 5.92 Å². The highest BCUT2D eigenvalue weighted by atomic mass is 16.4. The second-order valence-electron chi connectivity index (χ2n) is 6.79. The van der Waals surface area contributed by atoms with Gasteiger partial charge in [-0.1, -0.05) is 25.1 Å². The number of nitrogens with zero attached hydrogens (tertiary/aromatic N) is 3. The standard InChI is InChI=1S/C19H25N3O2/c1-14-8-10-16(11-9-14)22(2)18(23)13-12-17-20-21-19(24-17)15-6-4-3-5-7-15/h3-7,14,16H,8-13H2,1-2H3. The summed E-state index contributed by atoms with van der Waals surface area (Å²) in [6.45, 7) is 2.29. The lowest BCUT2D eigenvalue weighted by Crippen LogP contribution is -2.39. The molecule has 1 aromatic heterocycles. The summed E-state index contributed by atoms with van der Waals surface area (Å²) in [6, 6.07) is 10.1. The van der Waals surface area contributed by atoms with Crippen LogP contribution in [-0.4, -0.2) is 34.1 Å². The van der Waals surface area contributed by atoms with Crippen molar-refractivity contribution >= 4 is 5.91 Å². The van der Waals surface area contributed by atoms with Crippen LogP contribution in [0.2, 0.25) is 0 Å². The first-order valence-corrected chi connectivity index (χ1v) is 8.77. The van der Waals surface area contributed by atoms with Crippen molar-refractivity contribution in [1.82, 2.24) is 15.1 Å². The van der Waals surface area contributed by atoms with E-state index < -0.39 is 0 Å². The van der Waals surface area contributed by atoms with Gasteiger partial charge in [-0.25, -0.2) is 0 Å². The van der Waals surface area contributed by atoms with Crippen LogP contribution in [0.3, 0.4) is 0 Å². The van der Waals surface area contributed by atoms with Gasteiger partial charge in [-0.2, -0.15) is 0 Å². The van der Waals surface area contributed by atoms with Crippen molar-refractivity contribution in [1.29, 1.82) is 0 Å². The zero-order chi connectivity index (χ0) is 16.9. The summed E-state index contributed by atoms with van der Waals surface area (Å²) in [4.78, 5) is 14.3. The minimum absolute atomic E-state index is 0.161. The Bertz CT molecular complexity index is 660. The van der Waals surface area contributed by atoms with E-state index in [9.17, 15) is 4.79 Å². The van der Waals surface area contributed by atoms with Crippen molar-refractivity contribution in [3.63, 3.8) is 0 Å². The van der Waals surface area contributed by atoms with E-state index in [2.05, 4.69) is 17.1 Å². The summed E-state index contributed by atoms with van der Waals surface area (Å²) in [7, 11) is 1.92. The van der Waals surface area contributed by atoms with Crippen molar-refractivity contribution in [3.8, 4) is 11.5 Å². The first-order chi connectivity index (χ1) is 11.6. The van der Waals surface area contributed by atoms with Crippen molar-refractivity contribution in [3.05, 3.63) is 36.2 Å². The summed E-state index contributed by atoms with van der Waals surface area (Å²) in [5.74, 6) is 1.98. The molecule has 0 unspecified atom stereocenters. The molecule has 0 bridgehead atoms. The fourth-order valence-electron chi connectivity index (χ4n) is 3.28. The number of aryl methyl sites for hydroxylation is 1. The monoisotopic (exact) mass is 327 g/mol. The number of carbonyl (C=O) groups excluding carboxylic acids is 1. The van der Waals surface area contributed by atoms with Gasteiger partial charge in [0.05, 0.1) is 0 Å². The molecular weight excluding hydrogens is 302 g/mol. The lowest BCUT2D eigenvalue weighted by molar-refractivity contribution is -0.132. The molecule has 1 fully saturated rings. The zero-order valence-electron chi connectivity index (χ0n) is 14.4. The second kappa shape index (κ2) is 7.60. The number of hydrogen-bond donors (Lipinski definition) is 0. The molecule has 0 aliphatic heterocycles. The van der Waals surface area contributed by atoms with Crippen LogP contribution in [0.4, 0.5) is 0 Å². The third-order valence-corrected chi connectivity index (χ3v) is 4.97. The van der Waals surface area contributed by atoms with Crippen LogP contribution in [0, 0.1) is 5.92 Å². The predicted octanol–water partition coefficient (Wildman–Crippen LogP) is 3.71. The van der Waals surface area contributed by atoms with Gasteiger partial charge in [-0.3, -0.25) is 4.79 Å². The van der Waals surface area contributed by atoms with E-state index in [4.69, 9.17) is 4.42 Å². The molecule has 1 aliphatic rings. The number of aromatic nitrogens is 2. The Morgan fingerprint density at radius 2 is 1.88 bits per heavy atom. The fraction of sp³-hybridized carbons (Fsp3) is 0.526. The quantitative estimate of drug-likeness (QED) is 0.840. The number of rotatable bonds is 5. The molecule has 1 heterocycles. The molecule has 2 aromatic rings. The number of amides is 1. The molecule has 5 heteroatoms. The number of hydrogen-bond acceptors (Lipinski definition) is 4. The summed E-state index contributed by atoms with van der Waals surface area (Å²) >= 11 is 0. The van der Waals surface area contributed by atoms with Gasteiger partial charge in [0.25, 0.3) is 0 Å². The highest BCUT2D eigenvalue weighted by Gasteiger charge is 2.24. The van der Waals surface area contributed by atoms with Gasteiger partial charge in [-0.05, 0) is 43.7 Å². The van der Waals surface area contributed by atoms with Gasteiger partial charge >= 0.3 is 0 Å². The van der Waals surface area contributed by atoms with Crippen LogP contribution < -0.4 is 0 Å². The largest absolute Gasteiger partial charge is 0.421 e. The maximum Gasteiger partial charge on any atom is 0.247 e. The molecule has 1 aromatic carbocycles. The second-order valence-corrected chi connectivity index (χ2v) is 6.79. The Balaban J connectivity index is 1.52. The molecule has 1 aliphatic carbocycles.